The molecule has 2 aromatic rings. The normalized spacial score (nSPS) is 8.00. The van der Waals surface area contributed by atoms with E-state index in [0.717, 1.165) is 15.6 Å². The average Bonchev–Trinajstić information content (AvgIpc) is 2.47. The fraction of sp³-hybridized carbons (Fsp3) is 0.333. The predicted molar refractivity (Wildman–Crippen MR) is 95.1 cm³/mol. The first-order chi connectivity index (χ1) is 9.59. The molecule has 0 saturated heterocycles. The molecule has 0 saturated carbocycles. The van der Waals surface area contributed by atoms with Crippen molar-refractivity contribution in [2.75, 3.05) is 0 Å². The minimum absolute atomic E-state index is 0.810. The van der Waals surface area contributed by atoms with Gasteiger partial charge in [0.1, 0.15) is 0 Å². The van der Waals surface area contributed by atoms with Crippen LogP contribution < -0.4 is 0 Å². The zero-order valence-electron chi connectivity index (χ0n) is 13.4. The summed E-state index contributed by atoms with van der Waals surface area (Å²) in [6.07, 6.45) is 0. The maximum Gasteiger partial charge on any atom is 0.0435 e. The molecule has 0 N–H and O–H groups in total. The summed E-state index contributed by atoms with van der Waals surface area (Å²) >= 11 is 11.4. The molecule has 0 amide bonds. The molecule has 0 aliphatic carbocycles. The Hall–Kier alpha value is -0.980. The molecule has 0 spiro atoms. The first-order valence-electron chi connectivity index (χ1n) is 7.03. The van der Waals surface area contributed by atoms with E-state index < -0.39 is 0 Å². The van der Waals surface area contributed by atoms with Crippen molar-refractivity contribution in [2.45, 2.75) is 41.5 Å². The highest BCUT2D eigenvalue weighted by Crippen LogP contribution is 2.11. The molecule has 0 unspecified atom stereocenters. The van der Waals surface area contributed by atoms with Crippen LogP contribution in [0.25, 0.3) is 0 Å². The second kappa shape index (κ2) is 14.4. The highest BCUT2D eigenvalue weighted by molar-refractivity contribution is 6.31. The van der Waals surface area contributed by atoms with Crippen LogP contribution in [0.15, 0.2) is 48.5 Å². The average molecular weight is 313 g/mol. The molecule has 2 heteroatoms. The van der Waals surface area contributed by atoms with Crippen molar-refractivity contribution in [3.63, 3.8) is 0 Å². The minimum Gasteiger partial charge on any atom is -0.0843 e. The fourth-order valence-electron chi connectivity index (χ4n) is 1.16. The number of benzene rings is 2. The third-order valence-corrected chi connectivity index (χ3v) is 2.72. The zero-order valence-corrected chi connectivity index (χ0v) is 14.9. The molecule has 0 aliphatic heterocycles. The van der Waals surface area contributed by atoms with Gasteiger partial charge < -0.3 is 0 Å². The summed E-state index contributed by atoms with van der Waals surface area (Å²) in [5.41, 5.74) is 2.34. The Morgan fingerprint density at radius 1 is 0.700 bits per heavy atom. The summed E-state index contributed by atoms with van der Waals surface area (Å²) in [7, 11) is 0. The van der Waals surface area contributed by atoms with Crippen LogP contribution in [0.5, 0.6) is 0 Å². The van der Waals surface area contributed by atoms with Gasteiger partial charge in [0.05, 0.1) is 0 Å². The third-order valence-electron chi connectivity index (χ3n) is 2.06. The molecule has 112 valence electrons. The molecular weight excluding hydrogens is 287 g/mol. The van der Waals surface area contributed by atoms with E-state index in [-0.39, 0.29) is 0 Å². The Kier molecular flexibility index (Phi) is 15.4. The minimum atomic E-state index is 0.810. The van der Waals surface area contributed by atoms with E-state index in [1.807, 2.05) is 90.1 Å². The Labute approximate surface area is 134 Å². The molecule has 2 rings (SSSR count). The quantitative estimate of drug-likeness (QED) is 0.477. The molecule has 0 nitrogen and oxygen atoms in total. The van der Waals surface area contributed by atoms with E-state index in [0.29, 0.717) is 0 Å². The van der Waals surface area contributed by atoms with Gasteiger partial charge in [-0.1, -0.05) is 81.2 Å². The van der Waals surface area contributed by atoms with E-state index in [4.69, 9.17) is 23.2 Å². The van der Waals surface area contributed by atoms with Gasteiger partial charge in [-0.3, -0.25) is 0 Å². The molecule has 0 atom stereocenters. The summed E-state index contributed by atoms with van der Waals surface area (Å²) in [6.45, 7) is 12.0. The van der Waals surface area contributed by atoms with Crippen LogP contribution >= 0.6 is 23.2 Å². The first kappa shape index (κ1) is 21.3. The largest absolute Gasteiger partial charge is 0.0843 e. The van der Waals surface area contributed by atoms with Crippen LogP contribution in [0.3, 0.4) is 0 Å². The van der Waals surface area contributed by atoms with Crippen LogP contribution in [0.4, 0.5) is 0 Å². The number of rotatable bonds is 0. The van der Waals surface area contributed by atoms with Crippen molar-refractivity contribution in [1.82, 2.24) is 0 Å². The third kappa shape index (κ3) is 10.9. The van der Waals surface area contributed by atoms with Crippen molar-refractivity contribution < 1.29 is 0 Å². The van der Waals surface area contributed by atoms with E-state index in [2.05, 4.69) is 0 Å². The van der Waals surface area contributed by atoms with Gasteiger partial charge in [0.25, 0.3) is 0 Å². The summed E-state index contributed by atoms with van der Waals surface area (Å²) in [5, 5.41) is 1.65. The van der Waals surface area contributed by atoms with Gasteiger partial charge in [-0.25, -0.2) is 0 Å². The molecule has 20 heavy (non-hydrogen) atoms. The molecular formula is C18H26Cl2. The lowest BCUT2D eigenvalue weighted by Crippen LogP contribution is -1.68. The highest BCUT2D eigenvalue weighted by Gasteiger charge is 1.86. The maximum atomic E-state index is 5.71. The summed E-state index contributed by atoms with van der Waals surface area (Å²) in [6, 6.07) is 15.5. The van der Waals surface area contributed by atoms with E-state index in [1.165, 1.54) is 5.56 Å². The lowest BCUT2D eigenvalue weighted by molar-refractivity contribution is 1.47. The molecule has 0 aromatic heterocycles. The number of aryl methyl sites for hydroxylation is 2. The van der Waals surface area contributed by atoms with Gasteiger partial charge in [0.15, 0.2) is 0 Å². The molecule has 2 aromatic carbocycles. The van der Waals surface area contributed by atoms with Crippen LogP contribution in [-0.4, -0.2) is 0 Å². The Balaban J connectivity index is 0. The zero-order chi connectivity index (χ0) is 16.0. The molecule has 0 aliphatic rings. The van der Waals surface area contributed by atoms with Gasteiger partial charge in [-0.2, -0.15) is 0 Å². The topological polar surface area (TPSA) is 0 Å². The molecule has 0 radical (unpaired) electrons. The van der Waals surface area contributed by atoms with Gasteiger partial charge >= 0.3 is 0 Å². The number of halogens is 2. The second-order valence-electron chi connectivity index (χ2n) is 3.55. The summed E-state index contributed by atoms with van der Waals surface area (Å²) in [5.74, 6) is 0. The standard InChI is InChI=1S/2C7H7Cl.2C2H6/c1-6-3-2-4-7(8)5-6;1-6-4-2-3-5-7(6)8;2*1-2/h2*2-5H,1H3;2*1-2H3. The summed E-state index contributed by atoms with van der Waals surface area (Å²) in [4.78, 5) is 0. The van der Waals surface area contributed by atoms with Gasteiger partial charge in [-0.15, -0.1) is 0 Å². The van der Waals surface area contributed by atoms with Crippen LogP contribution in [-0.2, 0) is 0 Å². The maximum absolute atomic E-state index is 5.71. The lowest BCUT2D eigenvalue weighted by atomic mass is 10.2. The predicted octanol–water partition coefficient (Wildman–Crippen LogP) is 7.35. The lowest BCUT2D eigenvalue weighted by Gasteiger charge is -1.90. The Morgan fingerprint density at radius 2 is 1.25 bits per heavy atom. The molecule has 0 fully saturated rings. The van der Waals surface area contributed by atoms with Crippen molar-refractivity contribution in [3.8, 4) is 0 Å². The van der Waals surface area contributed by atoms with Crippen LogP contribution in [0, 0.1) is 13.8 Å². The van der Waals surface area contributed by atoms with E-state index in [1.54, 1.807) is 0 Å². The number of hydrogen-bond acceptors (Lipinski definition) is 0. The Morgan fingerprint density at radius 3 is 1.55 bits per heavy atom. The monoisotopic (exact) mass is 312 g/mol. The van der Waals surface area contributed by atoms with Crippen molar-refractivity contribution in [1.29, 1.82) is 0 Å². The van der Waals surface area contributed by atoms with Crippen molar-refractivity contribution in [2.24, 2.45) is 0 Å². The fourth-order valence-corrected chi connectivity index (χ4v) is 1.54. The van der Waals surface area contributed by atoms with Gasteiger partial charge in [0.2, 0.25) is 0 Å². The SMILES string of the molecule is CC.CC.Cc1cccc(Cl)c1.Cc1ccccc1Cl. The molecule has 0 bridgehead atoms. The second-order valence-corrected chi connectivity index (χ2v) is 4.39. The van der Waals surface area contributed by atoms with Crippen LogP contribution in [0.2, 0.25) is 10.0 Å². The molecule has 0 heterocycles. The summed E-state index contributed by atoms with van der Waals surface area (Å²) < 4.78 is 0. The van der Waals surface area contributed by atoms with Crippen molar-refractivity contribution in [3.05, 3.63) is 69.7 Å². The van der Waals surface area contributed by atoms with Gasteiger partial charge in [0, 0.05) is 10.0 Å². The van der Waals surface area contributed by atoms with E-state index >= 15 is 0 Å². The Bertz CT molecular complexity index is 412. The van der Waals surface area contributed by atoms with Crippen LogP contribution in [0.1, 0.15) is 38.8 Å². The van der Waals surface area contributed by atoms with E-state index in [9.17, 15) is 0 Å². The number of hydrogen-bond donors (Lipinski definition) is 0. The first-order valence-corrected chi connectivity index (χ1v) is 7.78. The smallest absolute Gasteiger partial charge is 0.0435 e. The van der Waals surface area contributed by atoms with Crippen molar-refractivity contribution >= 4 is 23.2 Å². The van der Waals surface area contributed by atoms with Gasteiger partial charge in [-0.05, 0) is 43.2 Å². The highest BCUT2D eigenvalue weighted by atomic mass is 35.5.